The minimum Gasteiger partial charge on any atom is -0.496 e. The van der Waals surface area contributed by atoms with Crippen LogP contribution in [0.4, 0.5) is 0 Å². The molecule has 8 rings (SSSR count). The fourth-order valence-electron chi connectivity index (χ4n) is 16.5. The van der Waals surface area contributed by atoms with Gasteiger partial charge in [-0.05, 0) is 107 Å². The van der Waals surface area contributed by atoms with Crippen molar-refractivity contribution in [2.75, 3.05) is 92.8 Å². The van der Waals surface area contributed by atoms with E-state index >= 15 is 0 Å². The van der Waals surface area contributed by atoms with E-state index in [-0.39, 0.29) is 175 Å². The van der Waals surface area contributed by atoms with Gasteiger partial charge in [0.05, 0.1) is 128 Å². The molecule has 4 aromatic heterocycles. The summed E-state index contributed by atoms with van der Waals surface area (Å²) >= 11 is 0. The van der Waals surface area contributed by atoms with Gasteiger partial charge in [-0.1, -0.05) is 151 Å². The van der Waals surface area contributed by atoms with E-state index in [1.807, 2.05) is 37.8 Å². The maximum Gasteiger partial charge on any atom is 2.00 e. The number of nitrogens with zero attached hydrogens (tertiary/aromatic N) is 12. The van der Waals surface area contributed by atoms with Gasteiger partial charge < -0.3 is 75.9 Å². The van der Waals surface area contributed by atoms with Crippen molar-refractivity contribution in [2.45, 2.75) is 292 Å². The van der Waals surface area contributed by atoms with Crippen molar-refractivity contribution < 1.29 is 216 Å². The van der Waals surface area contributed by atoms with Crippen molar-refractivity contribution in [3.8, 4) is 5.75 Å². The van der Waals surface area contributed by atoms with Crippen molar-refractivity contribution in [2.24, 2.45) is 0 Å². The van der Waals surface area contributed by atoms with E-state index in [1.165, 1.54) is 70.9 Å². The molecule has 0 amide bonds. The van der Waals surface area contributed by atoms with Crippen LogP contribution in [-0.2, 0) is 179 Å². The molecule has 4 radical (unpaired) electrons. The number of carboxylic acids is 12. The third kappa shape index (κ3) is 56.7. The number of hydrogen-bond acceptors (Lipinski definition) is 30. The molecule has 139 heavy (non-hydrogen) atoms. The van der Waals surface area contributed by atoms with Gasteiger partial charge in [0, 0.05) is 110 Å². The molecule has 42 nitrogen and oxygen atoms in total. The van der Waals surface area contributed by atoms with E-state index in [2.05, 4.69) is 80.1 Å². The molecule has 0 bridgehead atoms. The number of methoxy groups -OCH3 is 2. The summed E-state index contributed by atoms with van der Waals surface area (Å²) in [6.45, 7) is 19.2. The minimum absolute atomic E-state index is 0. The Bertz CT molecular complexity index is 4210. The molecule has 4 saturated carbocycles. The summed E-state index contributed by atoms with van der Waals surface area (Å²) in [5.74, 6) is -12.9. The molecule has 0 aromatic carbocycles. The maximum atomic E-state index is 11.6. The zero-order valence-corrected chi connectivity index (χ0v) is 86.6. The summed E-state index contributed by atoms with van der Waals surface area (Å²) in [4.78, 5) is 195. The van der Waals surface area contributed by atoms with Crippen LogP contribution in [0, 0.1) is 13.8 Å². The second kappa shape index (κ2) is 79.2. The summed E-state index contributed by atoms with van der Waals surface area (Å²) in [5.41, 5.74) is 6.25. The molecule has 46 heteroatoms. The number of aromatic nitrogens is 4. The number of ether oxygens (including phenoxy) is 2. The van der Waals surface area contributed by atoms with E-state index in [4.69, 9.17) is 19.4 Å². The molecule has 0 saturated heterocycles. The van der Waals surface area contributed by atoms with Crippen LogP contribution in [0.1, 0.15) is 246 Å². The standard InChI is InChI=1S/C21H31N3O7.C20H27N3O8.C20H29N3O6.C19H27N3O7.4C3H8.CO2.4Mn/c1-13-8-22-15(14(2)21(13)31-3)9-23(10-18(25)26)16-6-4-5-7-17(16)24(11-19(27)28)12-20(29)30;1-31-20(30)13-6-7-14(21-8-13)9-22(10-17(24)25)15-4-2-3-5-16(15)23(11-18(26)27)12-19(28)29;1-2-14-6-5-9-21-15(14)10-22(11-18(24)25)16-7-3-4-8-17(16)23(12-19(26)27)13-20(28)29;23-12-13-5-6-14(20-7-13)8-21(9-17(24)25)15-3-1-2-4-16(15)22(10-18(26)27)11-19(28)29;4*1-3-2;2-1-3;;;;/h8,16-17H,4-7,9-12H2,1-3H3,(H,25,26)(H,27,28)(H,29,30);6-8,15-16H,2-5,9-12H2,1H3,(H,24,25)(H,26,27)(H,28,29);5-6,9,16-17H,2-4,7-8,10-13H2,1H3,(H,24,25)(H,26,27)(H,28,29);5-7,15-16,23H,1-4,8-12H2,(H,24,25)(H,26,27)(H,28,29);4*3H2,1-2H3;;;;;/q;;;;;;;;;4*+2/t16-,17?;15-,16?;16-,17?;15-,16?;;;;;;;;;/m0000........./s1. The van der Waals surface area contributed by atoms with Gasteiger partial charge in [0.2, 0.25) is 0 Å². The van der Waals surface area contributed by atoms with E-state index in [9.17, 15) is 124 Å². The first-order valence-corrected chi connectivity index (χ1v) is 45.6. The molecule has 8 atom stereocenters. The number of hydrogen-bond donors (Lipinski definition) is 13. The third-order valence-corrected chi connectivity index (χ3v) is 21.5. The average Bonchev–Trinajstić information content (AvgIpc) is 0.853. The van der Waals surface area contributed by atoms with E-state index in [1.54, 1.807) is 52.4 Å². The van der Waals surface area contributed by atoms with Crippen LogP contribution in [0.3, 0.4) is 0 Å². The van der Waals surface area contributed by atoms with E-state index in [0.717, 1.165) is 80.2 Å². The Labute approximate surface area is 856 Å². The zero-order chi connectivity index (χ0) is 102. The fraction of sp³-hybridized carbons (Fsp3) is 0.634. The molecule has 4 aliphatic rings. The molecular formula is C93H146Mn4N12O30+8. The predicted molar refractivity (Wildman–Crippen MR) is 492 cm³/mol. The van der Waals surface area contributed by atoms with E-state index in [0.29, 0.717) is 86.3 Å². The van der Waals surface area contributed by atoms with Crippen LogP contribution in [-0.4, -0.2) is 350 Å². The largest absolute Gasteiger partial charge is 2.00 e. The Morgan fingerprint density at radius 2 is 0.597 bits per heavy atom. The number of esters is 1. The van der Waals surface area contributed by atoms with Gasteiger partial charge in [0.15, 0.2) is 0 Å². The van der Waals surface area contributed by atoms with Gasteiger partial charge in [-0.25, -0.2) is 4.79 Å². The van der Waals surface area contributed by atoms with Crippen LogP contribution in [0.15, 0.2) is 61.2 Å². The zero-order valence-electron chi connectivity index (χ0n) is 81.9. The Kier molecular flexibility index (Phi) is 78.7. The monoisotopic (exact) mass is 2130 g/mol. The molecule has 4 aromatic rings. The third-order valence-electron chi connectivity index (χ3n) is 21.5. The number of carbonyl (C=O) groups excluding carboxylic acids is 3. The second-order valence-corrected chi connectivity index (χ2v) is 32.9. The van der Waals surface area contributed by atoms with Gasteiger partial charge in [-0.2, -0.15) is 9.59 Å². The Morgan fingerprint density at radius 1 is 0.345 bits per heavy atom. The topological polar surface area (TPSA) is 615 Å². The average molecular weight is 2130 g/mol. The first-order valence-electron chi connectivity index (χ1n) is 45.6. The van der Waals surface area contributed by atoms with Crippen LogP contribution >= 0.6 is 0 Å². The van der Waals surface area contributed by atoms with Gasteiger partial charge in [0.25, 0.3) is 0 Å². The minimum atomic E-state index is -1.14. The molecular weight excluding hydrogens is 1980 g/mol. The van der Waals surface area contributed by atoms with Crippen LogP contribution in [0.25, 0.3) is 0 Å². The summed E-state index contributed by atoms with van der Waals surface area (Å²) in [6.07, 6.45) is 23.9. The first-order chi connectivity index (χ1) is 64.0. The Morgan fingerprint density at radius 3 is 0.827 bits per heavy atom. The van der Waals surface area contributed by atoms with Gasteiger partial charge in [-0.3, -0.25) is 117 Å². The quantitative estimate of drug-likeness (QED) is 0.0146. The normalized spacial score (nSPS) is 17.1. The van der Waals surface area contributed by atoms with Gasteiger partial charge in [-0.15, -0.1) is 0 Å². The number of aliphatic hydroxyl groups is 1. The molecule has 0 aliphatic heterocycles. The van der Waals surface area contributed by atoms with Crippen LogP contribution < -0.4 is 4.74 Å². The van der Waals surface area contributed by atoms with Crippen molar-refractivity contribution in [1.29, 1.82) is 0 Å². The van der Waals surface area contributed by atoms with Crippen molar-refractivity contribution in [3.05, 3.63) is 112 Å². The number of rotatable bonds is 44. The molecule has 4 aliphatic carbocycles. The van der Waals surface area contributed by atoms with E-state index < -0.39 is 136 Å². The number of aryl methyl sites for hydroxylation is 2. The molecule has 4 unspecified atom stereocenters. The maximum absolute atomic E-state index is 11.6. The Hall–Kier alpha value is -9.39. The van der Waals surface area contributed by atoms with Crippen molar-refractivity contribution >= 4 is 83.8 Å². The van der Waals surface area contributed by atoms with Crippen molar-refractivity contribution in [1.82, 2.24) is 59.1 Å². The summed E-state index contributed by atoms with van der Waals surface area (Å²) in [6, 6.07) is 7.60. The molecule has 4 fully saturated rings. The first kappa shape index (κ1) is 138. The predicted octanol–water partition coefficient (Wildman–Crippen LogP) is 8.54. The number of carboxylic acid groups (broad SMARTS) is 12. The number of carbonyl (C=O) groups is 13. The molecule has 13 N–H and O–H groups in total. The number of aliphatic carboxylic acids is 12. The number of pyridine rings is 4. The van der Waals surface area contributed by atoms with Crippen LogP contribution in [0.2, 0.25) is 0 Å². The number of aliphatic hydroxyl groups excluding tert-OH is 1. The second-order valence-electron chi connectivity index (χ2n) is 32.9. The van der Waals surface area contributed by atoms with Gasteiger partial charge >= 0.3 is 152 Å². The van der Waals surface area contributed by atoms with Crippen molar-refractivity contribution in [3.63, 3.8) is 0 Å². The molecule has 4 heterocycles. The smallest absolute Gasteiger partial charge is 0.496 e. The van der Waals surface area contributed by atoms with Gasteiger partial charge in [0.1, 0.15) is 5.75 Å². The SMILES string of the molecule is CCC.CCC.CCC.CCC.CCc1cccnc1CN(CC(=O)O)[C@H]1CCCCC1N(CC(=O)O)CC(=O)O.COC(=O)c1ccc(CN(CC(=O)O)[C@H]2CCCCC2N(CC(=O)O)CC(=O)O)nc1.COc1c(C)cnc(CN(CC(=O)O)[C@H]2CCCCC2N(CC(=O)O)CC(=O)O)c1C.O=C(O)CN(CC(=O)O)C1CCCC[C@@H]1N(CC(=O)O)Cc1ccc(CO)cn1.O=C=O.[Mn+2].[Mn+2].[Mn+2].[Mn+2]. The summed E-state index contributed by atoms with van der Waals surface area (Å²) in [7, 11) is 2.83. The molecule has 0 spiro atoms. The van der Waals surface area contributed by atoms with Crippen LogP contribution in [0.5, 0.6) is 5.75 Å². The summed E-state index contributed by atoms with van der Waals surface area (Å²) in [5, 5.41) is 121. The fourth-order valence-corrected chi connectivity index (χ4v) is 16.5. The summed E-state index contributed by atoms with van der Waals surface area (Å²) < 4.78 is 10.1. The molecule has 778 valence electrons. The Balaban J connectivity index is -0.000000541.